The van der Waals surface area contributed by atoms with Crippen LogP contribution in [-0.4, -0.2) is 28.0 Å². The Balaban J connectivity index is 1.84. The lowest BCUT2D eigenvalue weighted by molar-refractivity contribution is -0.116. The van der Waals surface area contributed by atoms with E-state index in [1.165, 1.54) is 22.2 Å². The number of anilines is 1. The largest absolute Gasteiger partial charge is 0.462 e. The SMILES string of the molecule is CCOC(=O)c1cc(CC)sc1NC(=O)Cn1cnc2ccc(C)cc2c1=O. The first-order chi connectivity index (χ1) is 13.4. The highest BCUT2D eigenvalue weighted by Gasteiger charge is 2.19. The Hall–Kier alpha value is -3.00. The van der Waals surface area contributed by atoms with E-state index < -0.39 is 11.9 Å². The zero-order valence-electron chi connectivity index (χ0n) is 15.9. The molecule has 2 aromatic heterocycles. The van der Waals surface area contributed by atoms with Crippen molar-refractivity contribution in [2.24, 2.45) is 0 Å². The fourth-order valence-electron chi connectivity index (χ4n) is 2.78. The highest BCUT2D eigenvalue weighted by atomic mass is 32.1. The molecule has 3 rings (SSSR count). The maximum Gasteiger partial charge on any atom is 0.341 e. The minimum atomic E-state index is -0.478. The number of amides is 1. The number of hydrogen-bond acceptors (Lipinski definition) is 6. The summed E-state index contributed by atoms with van der Waals surface area (Å²) in [5, 5.41) is 3.62. The van der Waals surface area contributed by atoms with Crippen molar-refractivity contribution < 1.29 is 14.3 Å². The normalized spacial score (nSPS) is 10.8. The van der Waals surface area contributed by atoms with Crippen LogP contribution < -0.4 is 10.9 Å². The van der Waals surface area contributed by atoms with E-state index in [1.54, 1.807) is 25.1 Å². The monoisotopic (exact) mass is 399 g/mol. The van der Waals surface area contributed by atoms with E-state index in [-0.39, 0.29) is 18.7 Å². The van der Waals surface area contributed by atoms with Gasteiger partial charge in [-0.3, -0.25) is 14.2 Å². The zero-order valence-corrected chi connectivity index (χ0v) is 16.8. The Morgan fingerprint density at radius 1 is 1.25 bits per heavy atom. The molecule has 2 heterocycles. The predicted octanol–water partition coefficient (Wildman–Crippen LogP) is 3.14. The standard InChI is InChI=1S/C20H21N3O4S/c1-4-13-9-15(20(26)27-5-2)18(28-13)22-17(24)10-23-11-21-16-7-6-12(3)8-14(16)19(23)25/h6-9,11H,4-5,10H2,1-3H3,(H,22,24). The number of hydrogen-bond donors (Lipinski definition) is 1. The molecular formula is C20H21N3O4S. The van der Waals surface area contributed by atoms with E-state index in [0.29, 0.717) is 21.5 Å². The molecule has 1 aromatic carbocycles. The van der Waals surface area contributed by atoms with Crippen molar-refractivity contribution in [3.63, 3.8) is 0 Å². The minimum Gasteiger partial charge on any atom is -0.462 e. The number of carbonyl (C=O) groups excluding carboxylic acids is 2. The third-order valence-corrected chi connectivity index (χ3v) is 5.37. The summed E-state index contributed by atoms with van der Waals surface area (Å²) in [4.78, 5) is 42.5. The molecule has 1 N–H and O–H groups in total. The van der Waals surface area contributed by atoms with Crippen molar-refractivity contribution in [3.05, 3.63) is 57.0 Å². The molecule has 0 aliphatic carbocycles. The number of esters is 1. The number of benzene rings is 1. The number of rotatable bonds is 6. The maximum atomic E-state index is 12.7. The molecule has 0 saturated carbocycles. The molecule has 0 saturated heterocycles. The second-order valence-corrected chi connectivity index (χ2v) is 7.41. The molecule has 1 amide bonds. The fourth-order valence-corrected chi connectivity index (χ4v) is 3.78. The molecule has 3 aromatic rings. The first-order valence-corrected chi connectivity index (χ1v) is 9.80. The number of aryl methyl sites for hydroxylation is 2. The van der Waals surface area contributed by atoms with Gasteiger partial charge in [0, 0.05) is 4.88 Å². The van der Waals surface area contributed by atoms with Gasteiger partial charge in [-0.05, 0) is 38.5 Å². The lowest BCUT2D eigenvalue weighted by Gasteiger charge is -2.08. The van der Waals surface area contributed by atoms with Crippen LogP contribution >= 0.6 is 11.3 Å². The fraction of sp³-hybridized carbons (Fsp3) is 0.300. The Kier molecular flexibility index (Phi) is 5.89. The average molecular weight is 399 g/mol. The number of nitrogens with one attached hydrogen (secondary N) is 1. The van der Waals surface area contributed by atoms with E-state index in [0.717, 1.165) is 16.9 Å². The van der Waals surface area contributed by atoms with Gasteiger partial charge >= 0.3 is 5.97 Å². The Labute approximate surface area is 166 Å². The summed E-state index contributed by atoms with van der Waals surface area (Å²) < 4.78 is 6.32. The van der Waals surface area contributed by atoms with Gasteiger partial charge in [-0.15, -0.1) is 11.3 Å². The summed E-state index contributed by atoms with van der Waals surface area (Å²) >= 11 is 1.33. The lowest BCUT2D eigenvalue weighted by Crippen LogP contribution is -2.28. The van der Waals surface area contributed by atoms with E-state index in [2.05, 4.69) is 10.3 Å². The van der Waals surface area contributed by atoms with Crippen LogP contribution in [0.2, 0.25) is 0 Å². The molecule has 0 spiro atoms. The number of ether oxygens (including phenoxy) is 1. The van der Waals surface area contributed by atoms with Gasteiger partial charge in [0.05, 0.1) is 29.4 Å². The number of nitrogens with zero attached hydrogens (tertiary/aromatic N) is 2. The predicted molar refractivity (Wildman–Crippen MR) is 109 cm³/mol. The van der Waals surface area contributed by atoms with E-state index in [4.69, 9.17) is 4.74 Å². The van der Waals surface area contributed by atoms with Crippen molar-refractivity contribution in [3.8, 4) is 0 Å². The molecule has 0 bridgehead atoms. The van der Waals surface area contributed by atoms with Gasteiger partial charge in [-0.1, -0.05) is 18.6 Å². The highest BCUT2D eigenvalue weighted by molar-refractivity contribution is 7.16. The minimum absolute atomic E-state index is 0.197. The molecule has 8 heteroatoms. The molecule has 0 atom stereocenters. The van der Waals surface area contributed by atoms with Gasteiger partial charge < -0.3 is 10.1 Å². The summed E-state index contributed by atoms with van der Waals surface area (Å²) in [6, 6.07) is 7.14. The maximum absolute atomic E-state index is 12.7. The second-order valence-electron chi connectivity index (χ2n) is 6.28. The van der Waals surface area contributed by atoms with Crippen molar-refractivity contribution in [2.75, 3.05) is 11.9 Å². The molecule has 0 unspecified atom stereocenters. The molecule has 0 aliphatic rings. The van der Waals surface area contributed by atoms with Gasteiger partial charge in [0.25, 0.3) is 5.56 Å². The molecule has 0 aliphatic heterocycles. The van der Waals surface area contributed by atoms with Crippen LogP contribution in [0, 0.1) is 6.92 Å². The first kappa shape index (κ1) is 19.8. The van der Waals surface area contributed by atoms with Crippen molar-refractivity contribution in [1.82, 2.24) is 9.55 Å². The van der Waals surface area contributed by atoms with Gasteiger partial charge in [-0.2, -0.15) is 0 Å². The third-order valence-electron chi connectivity index (χ3n) is 4.17. The molecule has 146 valence electrons. The quantitative estimate of drug-likeness (QED) is 0.643. The summed E-state index contributed by atoms with van der Waals surface area (Å²) in [7, 11) is 0. The lowest BCUT2D eigenvalue weighted by atomic mass is 10.2. The Morgan fingerprint density at radius 3 is 2.75 bits per heavy atom. The Bertz CT molecular complexity index is 1100. The third kappa shape index (κ3) is 4.12. The topological polar surface area (TPSA) is 90.3 Å². The zero-order chi connectivity index (χ0) is 20.3. The van der Waals surface area contributed by atoms with Gasteiger partial charge in [0.2, 0.25) is 5.91 Å². The van der Waals surface area contributed by atoms with Crippen LogP contribution in [-0.2, 0) is 22.5 Å². The molecular weight excluding hydrogens is 378 g/mol. The average Bonchev–Trinajstić information content (AvgIpc) is 3.07. The summed E-state index contributed by atoms with van der Waals surface area (Å²) in [5.74, 6) is -0.889. The van der Waals surface area contributed by atoms with E-state index in [9.17, 15) is 14.4 Å². The van der Waals surface area contributed by atoms with Crippen LogP contribution in [0.1, 0.15) is 34.6 Å². The van der Waals surface area contributed by atoms with Crippen LogP contribution in [0.4, 0.5) is 5.00 Å². The molecule has 0 radical (unpaired) electrons. The summed E-state index contributed by atoms with van der Waals surface area (Å²) in [5.41, 5.74) is 1.58. The highest BCUT2D eigenvalue weighted by Crippen LogP contribution is 2.29. The van der Waals surface area contributed by atoms with Crippen molar-refractivity contribution in [1.29, 1.82) is 0 Å². The van der Waals surface area contributed by atoms with Gasteiger partial charge in [-0.25, -0.2) is 9.78 Å². The number of aromatic nitrogens is 2. The summed E-state index contributed by atoms with van der Waals surface area (Å²) in [6.45, 7) is 5.64. The van der Waals surface area contributed by atoms with Gasteiger partial charge in [0.1, 0.15) is 11.5 Å². The smallest absolute Gasteiger partial charge is 0.341 e. The molecule has 0 fully saturated rings. The van der Waals surface area contributed by atoms with Crippen LogP contribution in [0.15, 0.2) is 35.4 Å². The second kappa shape index (κ2) is 8.35. The molecule has 28 heavy (non-hydrogen) atoms. The van der Waals surface area contributed by atoms with Crippen LogP contribution in [0.3, 0.4) is 0 Å². The number of carbonyl (C=O) groups is 2. The van der Waals surface area contributed by atoms with Crippen molar-refractivity contribution >= 4 is 39.1 Å². The van der Waals surface area contributed by atoms with E-state index >= 15 is 0 Å². The van der Waals surface area contributed by atoms with Crippen LogP contribution in [0.25, 0.3) is 10.9 Å². The Morgan fingerprint density at radius 2 is 2.04 bits per heavy atom. The number of thiophene rings is 1. The molecule has 7 nitrogen and oxygen atoms in total. The van der Waals surface area contributed by atoms with E-state index in [1.807, 2.05) is 19.9 Å². The first-order valence-electron chi connectivity index (χ1n) is 8.98. The summed E-state index contributed by atoms with van der Waals surface area (Å²) in [6.07, 6.45) is 2.10. The van der Waals surface area contributed by atoms with Gasteiger partial charge in [0.15, 0.2) is 0 Å². The number of fused-ring (bicyclic) bond motifs is 1. The van der Waals surface area contributed by atoms with Crippen molar-refractivity contribution in [2.45, 2.75) is 33.7 Å². The van der Waals surface area contributed by atoms with Crippen LogP contribution in [0.5, 0.6) is 0 Å².